The van der Waals surface area contributed by atoms with Gasteiger partial charge in [0.1, 0.15) is 0 Å². The van der Waals surface area contributed by atoms with Crippen LogP contribution >= 0.6 is 35.4 Å². The summed E-state index contributed by atoms with van der Waals surface area (Å²) in [7, 11) is 0. The van der Waals surface area contributed by atoms with E-state index in [9.17, 15) is 0 Å². The summed E-state index contributed by atoms with van der Waals surface area (Å²) in [6.45, 7) is 9.74. The number of aromatic nitrogens is 2. The van der Waals surface area contributed by atoms with E-state index >= 15 is 0 Å². The summed E-state index contributed by atoms with van der Waals surface area (Å²) in [6, 6.07) is 14.0. The van der Waals surface area contributed by atoms with Gasteiger partial charge in [-0.2, -0.15) is 0 Å². The van der Waals surface area contributed by atoms with E-state index < -0.39 is 0 Å². The molecule has 190 valence electrons. The van der Waals surface area contributed by atoms with Crippen LogP contribution in [0.5, 0.6) is 0 Å². The van der Waals surface area contributed by atoms with E-state index in [0.29, 0.717) is 10.0 Å². The van der Waals surface area contributed by atoms with Crippen LogP contribution in [0.1, 0.15) is 41.1 Å². The third kappa shape index (κ3) is 5.00. The summed E-state index contributed by atoms with van der Waals surface area (Å²) >= 11 is 18.9. The number of ether oxygens (including phenoxy) is 1. The van der Waals surface area contributed by atoms with Gasteiger partial charge in [0.25, 0.3) is 0 Å². The Morgan fingerprint density at radius 1 is 1.08 bits per heavy atom. The highest BCUT2D eigenvalue weighted by Crippen LogP contribution is 2.42. The molecule has 1 aromatic carbocycles. The maximum atomic E-state index is 6.64. The van der Waals surface area contributed by atoms with Gasteiger partial charge in [-0.1, -0.05) is 35.3 Å². The highest BCUT2D eigenvalue weighted by atomic mass is 35.5. The minimum Gasteiger partial charge on any atom is -0.379 e. The minimum atomic E-state index is -0.0501. The number of nitrogens with zero attached hydrogens (tertiary/aromatic N) is 4. The molecule has 0 saturated carbocycles. The normalized spacial score (nSPS) is 20.7. The molecule has 1 N–H and O–H groups in total. The third-order valence-electron chi connectivity index (χ3n) is 7.14. The van der Waals surface area contributed by atoms with E-state index in [-0.39, 0.29) is 12.1 Å². The maximum absolute atomic E-state index is 6.64. The van der Waals surface area contributed by atoms with Crippen molar-refractivity contribution in [2.45, 2.75) is 32.4 Å². The van der Waals surface area contributed by atoms with Gasteiger partial charge in [0.05, 0.1) is 46.7 Å². The molecular formula is C27H31Cl2N5OS. The predicted molar refractivity (Wildman–Crippen MR) is 149 cm³/mol. The van der Waals surface area contributed by atoms with Gasteiger partial charge in [-0.15, -0.1) is 0 Å². The summed E-state index contributed by atoms with van der Waals surface area (Å²) in [4.78, 5) is 9.49. The first kappa shape index (κ1) is 25.5. The first-order chi connectivity index (χ1) is 17.5. The lowest BCUT2D eigenvalue weighted by Crippen LogP contribution is -2.39. The number of pyridine rings is 1. The van der Waals surface area contributed by atoms with E-state index in [0.717, 1.165) is 73.7 Å². The van der Waals surface area contributed by atoms with E-state index in [4.69, 9.17) is 40.2 Å². The summed E-state index contributed by atoms with van der Waals surface area (Å²) in [5, 5.41) is 5.44. The van der Waals surface area contributed by atoms with Gasteiger partial charge >= 0.3 is 0 Å². The summed E-state index contributed by atoms with van der Waals surface area (Å²) in [5.41, 5.74) is 5.28. The molecule has 6 nitrogen and oxygen atoms in total. The zero-order chi connectivity index (χ0) is 25.2. The van der Waals surface area contributed by atoms with Crippen LogP contribution in [-0.2, 0) is 4.74 Å². The standard InChI is InChI=1S/C27H31Cl2N5OS/c1-18-17-20(19(2)34(18)23-9-5-7-21(28)24(23)29)26-25(22-8-3-4-10-30-22)31-27(36)33(26)12-6-11-32-13-15-35-16-14-32/h3-5,7-10,17,25-26H,6,11-16H2,1-2H3,(H,31,36)/t25-,26-/m0/s1. The average molecular weight is 545 g/mol. The molecule has 0 bridgehead atoms. The predicted octanol–water partition coefficient (Wildman–Crippen LogP) is 5.49. The van der Waals surface area contributed by atoms with Crippen molar-refractivity contribution in [1.82, 2.24) is 24.7 Å². The molecule has 4 heterocycles. The fourth-order valence-corrected chi connectivity index (χ4v) is 6.11. The lowest BCUT2D eigenvalue weighted by atomic mass is 9.96. The first-order valence-electron chi connectivity index (χ1n) is 12.4. The van der Waals surface area contributed by atoms with Crippen molar-refractivity contribution in [1.29, 1.82) is 0 Å². The van der Waals surface area contributed by atoms with Gasteiger partial charge < -0.3 is 19.5 Å². The molecule has 2 saturated heterocycles. The van der Waals surface area contributed by atoms with Gasteiger partial charge in [0, 0.05) is 43.8 Å². The van der Waals surface area contributed by atoms with Crippen LogP contribution in [0, 0.1) is 13.8 Å². The zero-order valence-corrected chi connectivity index (χ0v) is 22.9. The van der Waals surface area contributed by atoms with Crippen molar-refractivity contribution >= 4 is 40.5 Å². The summed E-state index contributed by atoms with van der Waals surface area (Å²) < 4.78 is 7.69. The lowest BCUT2D eigenvalue weighted by molar-refractivity contribution is 0.0365. The van der Waals surface area contributed by atoms with Crippen molar-refractivity contribution in [3.05, 3.63) is 81.4 Å². The van der Waals surface area contributed by atoms with Crippen molar-refractivity contribution in [3.8, 4) is 5.69 Å². The van der Waals surface area contributed by atoms with Crippen LogP contribution in [0.4, 0.5) is 0 Å². The molecule has 5 rings (SSSR count). The smallest absolute Gasteiger partial charge is 0.170 e. The number of halogens is 2. The Labute approximate surface area is 228 Å². The second-order valence-corrected chi connectivity index (χ2v) is 10.5. The van der Waals surface area contributed by atoms with Crippen LogP contribution in [0.15, 0.2) is 48.7 Å². The Morgan fingerprint density at radius 3 is 2.64 bits per heavy atom. The molecule has 2 aliphatic rings. The topological polar surface area (TPSA) is 45.6 Å². The van der Waals surface area contributed by atoms with E-state index in [1.165, 1.54) is 5.56 Å². The quantitative estimate of drug-likeness (QED) is 0.397. The molecule has 0 unspecified atom stereocenters. The minimum absolute atomic E-state index is 0.00926. The largest absolute Gasteiger partial charge is 0.379 e. The molecule has 2 atom stereocenters. The summed E-state index contributed by atoms with van der Waals surface area (Å²) in [6.07, 6.45) is 2.86. The Hall–Kier alpha value is -2.16. The number of nitrogens with one attached hydrogen (secondary N) is 1. The zero-order valence-electron chi connectivity index (χ0n) is 20.6. The molecule has 9 heteroatoms. The molecule has 0 radical (unpaired) electrons. The fraction of sp³-hybridized carbons (Fsp3) is 0.407. The SMILES string of the molecule is Cc1cc([C@H]2[C@H](c3ccccn3)NC(=S)N2CCCN2CCOCC2)c(C)n1-c1cccc(Cl)c1Cl. The van der Waals surface area contributed by atoms with Gasteiger partial charge in [-0.3, -0.25) is 9.88 Å². The Kier molecular flexibility index (Phi) is 7.84. The lowest BCUT2D eigenvalue weighted by Gasteiger charge is -2.30. The molecule has 36 heavy (non-hydrogen) atoms. The molecule has 2 aromatic heterocycles. The van der Waals surface area contributed by atoms with Crippen molar-refractivity contribution in [3.63, 3.8) is 0 Å². The molecule has 0 spiro atoms. The highest BCUT2D eigenvalue weighted by molar-refractivity contribution is 7.80. The number of thiocarbonyl (C=S) groups is 1. The van der Waals surface area contributed by atoms with E-state index in [1.807, 2.05) is 36.5 Å². The molecule has 0 aliphatic carbocycles. The number of hydrogen-bond acceptors (Lipinski definition) is 4. The number of rotatable bonds is 7. The van der Waals surface area contributed by atoms with Crippen molar-refractivity contribution in [2.75, 3.05) is 39.4 Å². The fourth-order valence-electron chi connectivity index (χ4n) is 5.40. The van der Waals surface area contributed by atoms with Crippen molar-refractivity contribution in [2.24, 2.45) is 0 Å². The van der Waals surface area contributed by atoms with Crippen LogP contribution in [0.2, 0.25) is 10.0 Å². The second-order valence-electron chi connectivity index (χ2n) is 9.36. The van der Waals surface area contributed by atoms with Gasteiger partial charge in [-0.05, 0) is 68.4 Å². The first-order valence-corrected chi connectivity index (χ1v) is 13.5. The number of aryl methyl sites for hydroxylation is 1. The van der Waals surface area contributed by atoms with Crippen LogP contribution in [0.3, 0.4) is 0 Å². The van der Waals surface area contributed by atoms with E-state index in [2.05, 4.69) is 50.6 Å². The molecule has 2 aliphatic heterocycles. The van der Waals surface area contributed by atoms with Crippen LogP contribution < -0.4 is 5.32 Å². The number of hydrogen-bond donors (Lipinski definition) is 1. The van der Waals surface area contributed by atoms with Crippen LogP contribution in [-0.4, -0.2) is 63.9 Å². The van der Waals surface area contributed by atoms with Crippen LogP contribution in [0.25, 0.3) is 5.69 Å². The Morgan fingerprint density at radius 2 is 1.89 bits per heavy atom. The van der Waals surface area contributed by atoms with E-state index in [1.54, 1.807) is 0 Å². The van der Waals surface area contributed by atoms with Gasteiger partial charge in [0.2, 0.25) is 0 Å². The van der Waals surface area contributed by atoms with Gasteiger partial charge in [0.15, 0.2) is 5.11 Å². The number of benzene rings is 1. The molecule has 2 fully saturated rings. The monoisotopic (exact) mass is 543 g/mol. The summed E-state index contributed by atoms with van der Waals surface area (Å²) in [5.74, 6) is 0. The number of morpholine rings is 1. The third-order valence-corrected chi connectivity index (χ3v) is 8.30. The van der Waals surface area contributed by atoms with Gasteiger partial charge in [-0.25, -0.2) is 0 Å². The molecule has 3 aromatic rings. The Balaban J connectivity index is 1.50. The van der Waals surface area contributed by atoms with Crippen molar-refractivity contribution < 1.29 is 4.74 Å². The molecule has 0 amide bonds. The second kappa shape index (κ2) is 11.1. The average Bonchev–Trinajstić information content (AvgIpc) is 3.37. The highest BCUT2D eigenvalue weighted by Gasteiger charge is 2.41. The maximum Gasteiger partial charge on any atom is 0.170 e. The Bertz CT molecular complexity index is 1230. The molecular weight excluding hydrogens is 513 g/mol.